The van der Waals surface area contributed by atoms with Crippen LogP contribution in [0.25, 0.3) is 21.2 Å². The van der Waals surface area contributed by atoms with Gasteiger partial charge in [-0.25, -0.2) is 13.4 Å². The van der Waals surface area contributed by atoms with Gasteiger partial charge in [-0.1, -0.05) is 30.3 Å². The van der Waals surface area contributed by atoms with Gasteiger partial charge in [-0.05, 0) is 52.0 Å². The minimum atomic E-state index is -4.77. The number of aliphatic carboxylic acids is 1. The van der Waals surface area contributed by atoms with Crippen LogP contribution in [0.5, 0.6) is 0 Å². The van der Waals surface area contributed by atoms with E-state index in [0.717, 1.165) is 18.3 Å². The van der Waals surface area contributed by atoms with E-state index in [1.807, 2.05) is 20.8 Å². The SMILES string of the molecule is C[C@H](NS(=O)(=O)c1ccc(-c2sc(C(=O)NC3CC(C(=O)O)C3)nc2COC(C)(C)C)c2ccccc12)C(F)(F)F. The number of carbonyl (C=O) groups excluding carboxylic acids is 1. The average molecular weight is 614 g/mol. The number of amides is 1. The molecule has 1 heterocycles. The van der Waals surface area contributed by atoms with Crippen molar-refractivity contribution in [3.05, 3.63) is 47.1 Å². The summed E-state index contributed by atoms with van der Waals surface area (Å²) in [7, 11) is -4.55. The van der Waals surface area contributed by atoms with Crippen LogP contribution in [0.15, 0.2) is 41.3 Å². The second kappa shape index (κ2) is 11.3. The number of ether oxygens (including phenoxy) is 1. The van der Waals surface area contributed by atoms with E-state index in [1.165, 1.54) is 18.2 Å². The van der Waals surface area contributed by atoms with Crippen LogP contribution in [0.4, 0.5) is 13.2 Å². The van der Waals surface area contributed by atoms with Gasteiger partial charge in [-0.2, -0.15) is 17.9 Å². The Kier molecular flexibility index (Phi) is 8.52. The Hall–Kier alpha value is -3.07. The summed E-state index contributed by atoms with van der Waals surface area (Å²) < 4.78 is 73.0. The lowest BCUT2D eigenvalue weighted by Crippen LogP contribution is -2.46. The summed E-state index contributed by atoms with van der Waals surface area (Å²) in [4.78, 5) is 28.9. The van der Waals surface area contributed by atoms with E-state index in [0.29, 0.717) is 34.4 Å². The molecule has 0 spiro atoms. The van der Waals surface area contributed by atoms with Gasteiger partial charge in [0.25, 0.3) is 5.91 Å². The maximum absolute atomic E-state index is 13.1. The number of alkyl halides is 3. The number of carboxylic acids is 1. The number of carboxylic acid groups (broad SMARTS) is 1. The smallest absolute Gasteiger partial charge is 0.404 e. The summed E-state index contributed by atoms with van der Waals surface area (Å²) in [5, 5.41) is 12.7. The van der Waals surface area contributed by atoms with Crippen molar-refractivity contribution < 1.29 is 41.0 Å². The van der Waals surface area contributed by atoms with Crippen molar-refractivity contribution in [1.82, 2.24) is 15.0 Å². The second-order valence-corrected chi connectivity index (χ2v) is 13.6. The number of hydrogen-bond acceptors (Lipinski definition) is 7. The summed E-state index contributed by atoms with van der Waals surface area (Å²) in [5.41, 5.74) is 0.417. The molecule has 3 N–H and O–H groups in total. The third-order valence-corrected chi connectivity index (χ3v) is 9.33. The number of rotatable bonds is 9. The van der Waals surface area contributed by atoms with Gasteiger partial charge < -0.3 is 15.2 Å². The Balaban J connectivity index is 1.74. The molecule has 2 aromatic carbocycles. The van der Waals surface area contributed by atoms with E-state index >= 15 is 0 Å². The Labute approximate surface area is 239 Å². The molecule has 1 aliphatic rings. The number of hydrogen-bond donors (Lipinski definition) is 3. The highest BCUT2D eigenvalue weighted by Crippen LogP contribution is 2.39. The molecule has 0 unspecified atom stereocenters. The first-order valence-electron chi connectivity index (χ1n) is 12.7. The van der Waals surface area contributed by atoms with Crippen molar-refractivity contribution >= 4 is 44.0 Å². The molecular weight excluding hydrogens is 583 g/mol. The topological polar surface area (TPSA) is 135 Å². The number of fused-ring (bicyclic) bond motifs is 1. The highest BCUT2D eigenvalue weighted by atomic mass is 32.2. The van der Waals surface area contributed by atoms with Gasteiger partial charge in [0.1, 0.15) is 6.04 Å². The van der Waals surface area contributed by atoms with Crippen LogP contribution in [0.2, 0.25) is 0 Å². The number of aromatic nitrogens is 1. The minimum absolute atomic E-state index is 0.0339. The lowest BCUT2D eigenvalue weighted by atomic mass is 9.80. The van der Waals surface area contributed by atoms with Gasteiger partial charge in [0.15, 0.2) is 5.01 Å². The highest BCUT2D eigenvalue weighted by molar-refractivity contribution is 7.89. The van der Waals surface area contributed by atoms with Crippen LogP contribution in [-0.4, -0.2) is 54.2 Å². The number of nitrogens with one attached hydrogen (secondary N) is 2. The Morgan fingerprint density at radius 1 is 1.12 bits per heavy atom. The second-order valence-electron chi connectivity index (χ2n) is 10.9. The summed E-state index contributed by atoms with van der Waals surface area (Å²) in [6, 6.07) is 6.52. The standard InChI is InChI=1S/C27H30F3N3O6S2/c1-14(27(28,29)30)33-41(37,38)21-10-9-19(17-7-5-6-8-18(17)21)22-20(13-39-26(2,3)4)32-24(40-22)23(34)31-16-11-15(12-16)25(35)36/h5-10,14-16,33H,11-13H2,1-4H3,(H,31,34)(H,35,36)/t14-,15?,16?/m0/s1. The van der Waals surface area contributed by atoms with Gasteiger partial charge in [0.2, 0.25) is 10.0 Å². The molecule has 1 saturated carbocycles. The summed E-state index contributed by atoms with van der Waals surface area (Å²) >= 11 is 1.06. The molecule has 1 aliphatic carbocycles. The molecule has 1 amide bonds. The summed E-state index contributed by atoms with van der Waals surface area (Å²) in [6.45, 7) is 6.32. The Morgan fingerprint density at radius 2 is 1.76 bits per heavy atom. The number of benzene rings is 2. The molecule has 0 radical (unpaired) electrons. The quantitative estimate of drug-likeness (QED) is 0.306. The van der Waals surface area contributed by atoms with Crippen molar-refractivity contribution in [3.63, 3.8) is 0 Å². The fourth-order valence-corrected chi connectivity index (χ4v) is 6.75. The molecule has 0 aliphatic heterocycles. The molecule has 41 heavy (non-hydrogen) atoms. The van der Waals surface area contributed by atoms with Crippen LogP contribution >= 0.6 is 11.3 Å². The van der Waals surface area contributed by atoms with Crippen molar-refractivity contribution in [2.75, 3.05) is 0 Å². The molecule has 222 valence electrons. The van der Waals surface area contributed by atoms with E-state index in [-0.39, 0.29) is 27.9 Å². The van der Waals surface area contributed by atoms with Crippen molar-refractivity contribution in [2.45, 2.75) is 75.9 Å². The van der Waals surface area contributed by atoms with Crippen LogP contribution in [-0.2, 0) is 26.2 Å². The first kappa shape index (κ1) is 30.9. The first-order valence-corrected chi connectivity index (χ1v) is 15.0. The summed E-state index contributed by atoms with van der Waals surface area (Å²) in [5.74, 6) is -1.88. The largest absolute Gasteiger partial charge is 0.481 e. The maximum atomic E-state index is 13.1. The van der Waals surface area contributed by atoms with Gasteiger partial charge in [-0.15, -0.1) is 11.3 Å². The highest BCUT2D eigenvalue weighted by Gasteiger charge is 2.39. The third kappa shape index (κ3) is 7.05. The van der Waals surface area contributed by atoms with E-state index in [9.17, 15) is 31.2 Å². The monoisotopic (exact) mass is 613 g/mol. The number of nitrogens with zero attached hydrogens (tertiary/aromatic N) is 1. The first-order chi connectivity index (χ1) is 19.0. The molecule has 9 nitrogen and oxygen atoms in total. The fourth-order valence-electron chi connectivity index (χ4n) is 4.29. The number of halogens is 3. The zero-order chi connectivity index (χ0) is 30.3. The number of sulfonamides is 1. The van der Waals surface area contributed by atoms with E-state index in [4.69, 9.17) is 9.84 Å². The van der Waals surface area contributed by atoms with Crippen LogP contribution < -0.4 is 10.0 Å². The molecule has 0 bridgehead atoms. The van der Waals surface area contributed by atoms with Gasteiger partial charge in [0.05, 0.1) is 33.6 Å². The lowest BCUT2D eigenvalue weighted by molar-refractivity contribution is -0.147. The molecule has 14 heteroatoms. The lowest BCUT2D eigenvalue weighted by Gasteiger charge is -2.32. The van der Waals surface area contributed by atoms with Gasteiger partial charge in [-0.3, -0.25) is 9.59 Å². The minimum Gasteiger partial charge on any atom is -0.481 e. The summed E-state index contributed by atoms with van der Waals surface area (Å²) in [6.07, 6.45) is -4.12. The maximum Gasteiger partial charge on any atom is 0.404 e. The van der Waals surface area contributed by atoms with E-state index in [2.05, 4.69) is 10.3 Å². The molecule has 1 aromatic heterocycles. The predicted octanol–water partition coefficient (Wildman–Crippen LogP) is 5.10. The Bertz CT molecular complexity index is 1580. The normalized spacial score (nSPS) is 18.6. The Morgan fingerprint density at radius 3 is 2.34 bits per heavy atom. The molecular formula is C27H30F3N3O6S2. The number of thiazole rings is 1. The zero-order valence-electron chi connectivity index (χ0n) is 22.7. The zero-order valence-corrected chi connectivity index (χ0v) is 24.3. The third-order valence-electron chi connectivity index (χ3n) is 6.60. The van der Waals surface area contributed by atoms with E-state index < -0.39 is 45.6 Å². The van der Waals surface area contributed by atoms with Crippen molar-refractivity contribution in [1.29, 1.82) is 0 Å². The van der Waals surface area contributed by atoms with Crippen LogP contribution in [0.3, 0.4) is 0 Å². The van der Waals surface area contributed by atoms with Gasteiger partial charge >= 0.3 is 12.1 Å². The number of carbonyl (C=O) groups is 2. The average Bonchev–Trinajstić information content (AvgIpc) is 3.26. The predicted molar refractivity (Wildman–Crippen MR) is 147 cm³/mol. The molecule has 3 aromatic rings. The van der Waals surface area contributed by atoms with E-state index in [1.54, 1.807) is 22.9 Å². The van der Waals surface area contributed by atoms with Gasteiger partial charge in [0, 0.05) is 17.0 Å². The van der Waals surface area contributed by atoms with Crippen LogP contribution in [0.1, 0.15) is 56.0 Å². The van der Waals surface area contributed by atoms with Crippen LogP contribution in [0, 0.1) is 5.92 Å². The molecule has 1 atom stereocenters. The molecule has 4 rings (SSSR count). The molecule has 0 saturated heterocycles. The van der Waals surface area contributed by atoms with Crippen molar-refractivity contribution in [2.24, 2.45) is 5.92 Å². The van der Waals surface area contributed by atoms with Crippen molar-refractivity contribution in [3.8, 4) is 10.4 Å². The fraction of sp³-hybridized carbons (Fsp3) is 0.444. The molecule has 1 fully saturated rings.